The maximum atomic E-state index is 10.2. The minimum atomic E-state index is -0.754. The summed E-state index contributed by atoms with van der Waals surface area (Å²) >= 11 is 6.41. The molecule has 0 fully saturated rings. The fourth-order valence-corrected chi connectivity index (χ4v) is 3.01. The number of carbonyl (C=O) groups is 1. The molecular weight excluding hydrogens is 260 g/mol. The van der Waals surface area contributed by atoms with Gasteiger partial charge in [0.15, 0.2) is 0 Å². The van der Waals surface area contributed by atoms with E-state index in [0.717, 1.165) is 9.54 Å². The Balaban J connectivity index is 2.29. The molecule has 1 N–H and O–H groups in total. The molecule has 12 heavy (non-hydrogen) atoms. The summed E-state index contributed by atoms with van der Waals surface area (Å²) in [6, 6.07) is 3.98. The van der Waals surface area contributed by atoms with Gasteiger partial charge in [0.05, 0.1) is 9.54 Å². The minimum Gasteiger partial charge on any atom is -0.481 e. The number of hydrogen-bond donors (Lipinski definition) is 1. The van der Waals surface area contributed by atoms with E-state index in [9.17, 15) is 4.79 Å². The van der Waals surface area contributed by atoms with Crippen LogP contribution in [0.25, 0.3) is 0 Å². The smallest absolute Gasteiger partial charge is 0.313 e. The molecule has 1 heterocycles. The van der Waals surface area contributed by atoms with Crippen molar-refractivity contribution >= 4 is 45.0 Å². The van der Waals surface area contributed by atoms with E-state index in [1.165, 1.54) is 16.6 Å². The van der Waals surface area contributed by atoms with Gasteiger partial charge in [0.25, 0.3) is 0 Å². The number of carboxylic acids is 1. The van der Waals surface area contributed by atoms with Gasteiger partial charge in [0.2, 0.25) is 0 Å². The average molecular weight is 267 g/mol. The summed E-state index contributed by atoms with van der Waals surface area (Å²) < 4.78 is 1.09. The SMILES string of the molecule is O=C(O)CSCc1ccc(Br)s1. The molecule has 1 aromatic rings. The first-order valence-electron chi connectivity index (χ1n) is 3.22. The first kappa shape index (κ1) is 10.1. The van der Waals surface area contributed by atoms with Crippen LogP contribution in [-0.2, 0) is 10.5 Å². The normalized spacial score (nSPS) is 10.1. The molecule has 0 spiro atoms. The molecule has 0 aliphatic rings. The molecular formula is C7H7BrO2S2. The molecule has 5 heteroatoms. The molecule has 0 atom stereocenters. The van der Waals surface area contributed by atoms with Gasteiger partial charge in [0.1, 0.15) is 0 Å². The molecule has 2 nitrogen and oxygen atoms in total. The predicted octanol–water partition coefficient (Wildman–Crippen LogP) is 2.83. The Bertz CT molecular complexity index is 272. The van der Waals surface area contributed by atoms with Crippen molar-refractivity contribution in [1.29, 1.82) is 0 Å². The first-order chi connectivity index (χ1) is 5.68. The third kappa shape index (κ3) is 3.60. The third-order valence-corrected chi connectivity index (χ3v) is 3.87. The van der Waals surface area contributed by atoms with Gasteiger partial charge >= 0.3 is 5.97 Å². The number of hydrogen-bond acceptors (Lipinski definition) is 3. The zero-order valence-corrected chi connectivity index (χ0v) is 9.34. The zero-order valence-electron chi connectivity index (χ0n) is 6.12. The molecule has 66 valence electrons. The monoisotopic (exact) mass is 266 g/mol. The standard InChI is InChI=1S/C7H7BrO2S2/c8-6-2-1-5(12-6)3-11-4-7(9)10/h1-2H,3-4H2,(H,9,10). The molecule has 1 rings (SSSR count). The number of aliphatic carboxylic acids is 1. The maximum Gasteiger partial charge on any atom is 0.313 e. The zero-order chi connectivity index (χ0) is 8.97. The van der Waals surface area contributed by atoms with Crippen LogP contribution in [0.5, 0.6) is 0 Å². The Hall–Kier alpha value is -0.0000000000000000833. The van der Waals surface area contributed by atoms with E-state index in [1.807, 2.05) is 12.1 Å². The van der Waals surface area contributed by atoms with Crippen molar-refractivity contribution < 1.29 is 9.90 Å². The topological polar surface area (TPSA) is 37.3 Å². The van der Waals surface area contributed by atoms with Crippen LogP contribution in [0, 0.1) is 0 Å². The van der Waals surface area contributed by atoms with E-state index in [0.29, 0.717) is 0 Å². The lowest BCUT2D eigenvalue weighted by molar-refractivity contribution is -0.133. The summed E-state index contributed by atoms with van der Waals surface area (Å²) in [4.78, 5) is 11.4. The van der Waals surface area contributed by atoms with Crippen molar-refractivity contribution in [1.82, 2.24) is 0 Å². The van der Waals surface area contributed by atoms with Crippen molar-refractivity contribution in [3.8, 4) is 0 Å². The van der Waals surface area contributed by atoms with E-state index in [2.05, 4.69) is 15.9 Å². The largest absolute Gasteiger partial charge is 0.481 e. The van der Waals surface area contributed by atoms with Crippen LogP contribution in [0.4, 0.5) is 0 Å². The van der Waals surface area contributed by atoms with Crippen LogP contribution >= 0.6 is 39.0 Å². The second kappa shape index (κ2) is 4.89. The molecule has 0 saturated heterocycles. The number of rotatable bonds is 4. The lowest BCUT2D eigenvalue weighted by atomic mass is 10.5. The highest BCUT2D eigenvalue weighted by atomic mass is 79.9. The molecule has 0 aromatic carbocycles. The van der Waals surface area contributed by atoms with Crippen LogP contribution in [0.2, 0.25) is 0 Å². The highest BCUT2D eigenvalue weighted by Gasteiger charge is 2.00. The lowest BCUT2D eigenvalue weighted by Crippen LogP contribution is -1.97. The van der Waals surface area contributed by atoms with Gasteiger partial charge in [-0.1, -0.05) is 0 Å². The van der Waals surface area contributed by atoms with E-state index >= 15 is 0 Å². The summed E-state index contributed by atoms with van der Waals surface area (Å²) in [6.45, 7) is 0. The lowest BCUT2D eigenvalue weighted by Gasteiger charge is -1.93. The first-order valence-corrected chi connectivity index (χ1v) is 5.98. The summed E-state index contributed by atoms with van der Waals surface area (Å²) in [6.07, 6.45) is 0. The average Bonchev–Trinajstić information content (AvgIpc) is 2.35. The van der Waals surface area contributed by atoms with Crippen LogP contribution in [-0.4, -0.2) is 16.8 Å². The Labute approximate surface area is 87.1 Å². The number of thiophene rings is 1. The Morgan fingerprint density at radius 2 is 2.42 bits per heavy atom. The van der Waals surface area contributed by atoms with Gasteiger partial charge in [-0.2, -0.15) is 0 Å². The number of carboxylic acid groups (broad SMARTS) is 1. The summed E-state index contributed by atoms with van der Waals surface area (Å²) in [7, 11) is 0. The Morgan fingerprint density at radius 3 is 2.92 bits per heavy atom. The summed E-state index contributed by atoms with van der Waals surface area (Å²) in [5, 5.41) is 8.37. The molecule has 0 saturated carbocycles. The maximum absolute atomic E-state index is 10.2. The number of halogens is 1. The Kier molecular flexibility index (Phi) is 4.11. The van der Waals surface area contributed by atoms with Gasteiger partial charge < -0.3 is 5.11 Å². The van der Waals surface area contributed by atoms with Crippen LogP contribution < -0.4 is 0 Å². The van der Waals surface area contributed by atoms with Gasteiger partial charge in [-0.15, -0.1) is 23.1 Å². The van der Waals surface area contributed by atoms with Crippen molar-refractivity contribution in [3.05, 3.63) is 20.8 Å². The number of thioether (sulfide) groups is 1. The second-order valence-corrected chi connectivity index (χ2v) is 5.63. The van der Waals surface area contributed by atoms with Crippen LogP contribution in [0.1, 0.15) is 4.88 Å². The van der Waals surface area contributed by atoms with Gasteiger partial charge in [-0.25, -0.2) is 0 Å². The van der Waals surface area contributed by atoms with Crippen molar-refractivity contribution in [2.75, 3.05) is 5.75 Å². The van der Waals surface area contributed by atoms with Gasteiger partial charge in [-0.3, -0.25) is 4.79 Å². The van der Waals surface area contributed by atoms with Crippen molar-refractivity contribution in [2.45, 2.75) is 5.75 Å². The molecule has 1 aromatic heterocycles. The fourth-order valence-electron chi connectivity index (χ4n) is 0.668. The second-order valence-electron chi connectivity index (χ2n) is 2.09. The fraction of sp³-hybridized carbons (Fsp3) is 0.286. The molecule has 0 aliphatic heterocycles. The quantitative estimate of drug-likeness (QED) is 0.911. The highest BCUT2D eigenvalue weighted by Crippen LogP contribution is 2.25. The molecule has 0 amide bonds. The van der Waals surface area contributed by atoms with Crippen LogP contribution in [0.3, 0.4) is 0 Å². The third-order valence-electron chi connectivity index (χ3n) is 1.10. The van der Waals surface area contributed by atoms with E-state index in [4.69, 9.17) is 5.11 Å². The van der Waals surface area contributed by atoms with Crippen molar-refractivity contribution in [3.63, 3.8) is 0 Å². The van der Waals surface area contributed by atoms with Gasteiger partial charge in [0, 0.05) is 10.6 Å². The van der Waals surface area contributed by atoms with Crippen LogP contribution in [0.15, 0.2) is 15.9 Å². The molecule has 0 unspecified atom stereocenters. The van der Waals surface area contributed by atoms with E-state index < -0.39 is 5.97 Å². The highest BCUT2D eigenvalue weighted by molar-refractivity contribution is 9.11. The molecule has 0 bridgehead atoms. The predicted molar refractivity (Wildman–Crippen MR) is 55.8 cm³/mol. The summed E-state index contributed by atoms with van der Waals surface area (Å²) in [5.41, 5.74) is 0. The van der Waals surface area contributed by atoms with E-state index in [-0.39, 0.29) is 5.75 Å². The van der Waals surface area contributed by atoms with E-state index in [1.54, 1.807) is 11.3 Å². The summed E-state index contributed by atoms with van der Waals surface area (Å²) in [5.74, 6) is 0.202. The minimum absolute atomic E-state index is 0.176. The Morgan fingerprint density at radius 1 is 1.67 bits per heavy atom. The van der Waals surface area contributed by atoms with Gasteiger partial charge in [-0.05, 0) is 28.1 Å². The van der Waals surface area contributed by atoms with Crippen molar-refractivity contribution in [2.24, 2.45) is 0 Å². The molecule has 0 aliphatic carbocycles. The molecule has 0 radical (unpaired) electrons.